The molecule has 1 heterocycles. The molecule has 0 radical (unpaired) electrons. The predicted molar refractivity (Wildman–Crippen MR) is 66.3 cm³/mol. The maximum atomic E-state index is 13.0. The minimum absolute atomic E-state index is 0.235. The van der Waals surface area contributed by atoms with E-state index in [1.54, 1.807) is 6.07 Å². The summed E-state index contributed by atoms with van der Waals surface area (Å²) in [6, 6.07) is 5.77. The summed E-state index contributed by atoms with van der Waals surface area (Å²) in [4.78, 5) is 17.4. The van der Waals surface area contributed by atoms with Crippen LogP contribution in [0.5, 0.6) is 0 Å². The smallest absolute Gasteiger partial charge is 0.252 e. The Bertz CT molecular complexity index is 585. The molecule has 0 fully saturated rings. The van der Waals surface area contributed by atoms with Gasteiger partial charge in [-0.15, -0.1) is 0 Å². The van der Waals surface area contributed by atoms with Gasteiger partial charge in [0.25, 0.3) is 5.56 Å². The van der Waals surface area contributed by atoms with Gasteiger partial charge in [0.1, 0.15) is 11.6 Å². The molecule has 0 aliphatic rings. The van der Waals surface area contributed by atoms with Gasteiger partial charge in [0.2, 0.25) is 0 Å². The Morgan fingerprint density at radius 1 is 1.41 bits per heavy atom. The molecule has 0 bridgehead atoms. The molecule has 0 atom stereocenters. The number of rotatable bonds is 3. The molecule has 0 amide bonds. The van der Waals surface area contributed by atoms with Gasteiger partial charge < -0.3 is 10.3 Å². The fourth-order valence-corrected chi connectivity index (χ4v) is 1.72. The van der Waals surface area contributed by atoms with Gasteiger partial charge in [0.15, 0.2) is 0 Å². The maximum absolute atomic E-state index is 13.0. The van der Waals surface area contributed by atoms with Crippen molar-refractivity contribution in [3.05, 3.63) is 56.8 Å². The number of hydrogen-bond acceptors (Lipinski definition) is 3. The molecule has 17 heavy (non-hydrogen) atoms. The normalized spacial score (nSPS) is 10.2. The second kappa shape index (κ2) is 5.09. The minimum Gasteiger partial charge on any atom is -0.366 e. The van der Waals surface area contributed by atoms with E-state index < -0.39 is 0 Å². The molecule has 6 heteroatoms. The van der Waals surface area contributed by atoms with Gasteiger partial charge in [-0.1, -0.05) is 15.9 Å². The first-order valence-electron chi connectivity index (χ1n) is 4.88. The fraction of sp³-hybridized carbons (Fsp3) is 0.0909. The molecule has 2 rings (SSSR count). The van der Waals surface area contributed by atoms with E-state index in [0.29, 0.717) is 12.4 Å². The topological polar surface area (TPSA) is 57.8 Å². The van der Waals surface area contributed by atoms with Crippen LogP contribution < -0.4 is 10.9 Å². The van der Waals surface area contributed by atoms with Gasteiger partial charge in [0, 0.05) is 17.1 Å². The second-order valence-electron chi connectivity index (χ2n) is 3.39. The van der Waals surface area contributed by atoms with E-state index in [4.69, 9.17) is 0 Å². The molecule has 1 aromatic carbocycles. The van der Waals surface area contributed by atoms with Crippen LogP contribution in [0, 0.1) is 5.82 Å². The van der Waals surface area contributed by atoms with Crippen LogP contribution in [0.25, 0.3) is 0 Å². The summed E-state index contributed by atoms with van der Waals surface area (Å²) in [6.45, 7) is 0.384. The van der Waals surface area contributed by atoms with E-state index in [0.717, 1.165) is 10.0 Å². The number of aromatic nitrogens is 2. The lowest BCUT2D eigenvalue weighted by molar-refractivity contribution is 0.625. The van der Waals surface area contributed by atoms with E-state index in [-0.39, 0.29) is 11.4 Å². The third-order valence-corrected chi connectivity index (χ3v) is 2.92. The molecule has 88 valence electrons. The van der Waals surface area contributed by atoms with E-state index in [9.17, 15) is 9.18 Å². The molecule has 2 aromatic rings. The van der Waals surface area contributed by atoms with Gasteiger partial charge >= 0.3 is 0 Å². The maximum Gasteiger partial charge on any atom is 0.252 e. The van der Waals surface area contributed by atoms with Crippen LogP contribution in [0.4, 0.5) is 10.2 Å². The van der Waals surface area contributed by atoms with Crippen LogP contribution in [-0.4, -0.2) is 9.97 Å². The highest BCUT2D eigenvalue weighted by Crippen LogP contribution is 2.18. The lowest BCUT2D eigenvalue weighted by Gasteiger charge is -2.07. The Morgan fingerprint density at radius 3 is 3.00 bits per heavy atom. The molecule has 0 spiro atoms. The number of aromatic amines is 1. The first kappa shape index (κ1) is 11.8. The average Bonchev–Trinajstić information content (AvgIpc) is 2.30. The van der Waals surface area contributed by atoms with Crippen molar-refractivity contribution in [2.75, 3.05) is 5.32 Å². The predicted octanol–water partition coefficient (Wildman–Crippen LogP) is 2.28. The molecule has 0 saturated heterocycles. The summed E-state index contributed by atoms with van der Waals surface area (Å²) in [5, 5.41) is 2.94. The molecule has 2 N–H and O–H groups in total. The lowest BCUT2D eigenvalue weighted by Crippen LogP contribution is -2.09. The van der Waals surface area contributed by atoms with E-state index in [1.807, 2.05) is 0 Å². The number of hydrogen-bond donors (Lipinski definition) is 2. The molecule has 4 nitrogen and oxygen atoms in total. The first-order valence-corrected chi connectivity index (χ1v) is 5.67. The highest BCUT2D eigenvalue weighted by molar-refractivity contribution is 9.10. The molecule has 0 aliphatic carbocycles. The zero-order valence-corrected chi connectivity index (χ0v) is 10.3. The minimum atomic E-state index is -0.302. The Balaban J connectivity index is 2.12. The van der Waals surface area contributed by atoms with Crippen molar-refractivity contribution in [2.24, 2.45) is 0 Å². The van der Waals surface area contributed by atoms with Gasteiger partial charge in [-0.05, 0) is 23.8 Å². The molecule has 0 aliphatic heterocycles. The summed E-state index contributed by atoms with van der Waals surface area (Å²) in [5.41, 5.74) is 0.521. The summed E-state index contributed by atoms with van der Waals surface area (Å²) >= 11 is 3.32. The van der Waals surface area contributed by atoms with Crippen molar-refractivity contribution in [3.63, 3.8) is 0 Å². The summed E-state index contributed by atoms with van der Waals surface area (Å²) in [6.07, 6.45) is 1.31. The standard InChI is InChI=1S/C11H9BrFN3O/c12-9-2-1-8(13)3-7(9)5-14-10-4-11(17)16-6-15-10/h1-4,6H,5H2,(H2,14,15,16,17). The van der Waals surface area contributed by atoms with E-state index >= 15 is 0 Å². The van der Waals surface area contributed by atoms with E-state index in [1.165, 1.54) is 24.5 Å². The summed E-state index contributed by atoms with van der Waals surface area (Å²) in [7, 11) is 0. The number of halogens is 2. The number of H-pyrrole nitrogens is 1. The van der Waals surface area contributed by atoms with Crippen molar-refractivity contribution in [2.45, 2.75) is 6.54 Å². The Hall–Kier alpha value is -1.69. The number of anilines is 1. The quantitative estimate of drug-likeness (QED) is 0.914. The highest BCUT2D eigenvalue weighted by atomic mass is 79.9. The zero-order chi connectivity index (χ0) is 12.3. The van der Waals surface area contributed by atoms with Crippen LogP contribution in [0.15, 0.2) is 39.9 Å². The van der Waals surface area contributed by atoms with Gasteiger partial charge in [-0.3, -0.25) is 4.79 Å². The van der Waals surface area contributed by atoms with Crippen LogP contribution in [-0.2, 0) is 6.54 Å². The Labute approximate surface area is 105 Å². The van der Waals surface area contributed by atoms with Crippen molar-refractivity contribution in [1.82, 2.24) is 9.97 Å². The van der Waals surface area contributed by atoms with E-state index in [2.05, 4.69) is 31.2 Å². The highest BCUT2D eigenvalue weighted by Gasteiger charge is 2.02. The average molecular weight is 298 g/mol. The lowest BCUT2D eigenvalue weighted by atomic mass is 10.2. The third-order valence-electron chi connectivity index (χ3n) is 2.15. The number of benzene rings is 1. The first-order chi connectivity index (χ1) is 8.15. The van der Waals surface area contributed by atoms with Crippen molar-refractivity contribution in [3.8, 4) is 0 Å². The van der Waals surface area contributed by atoms with Crippen molar-refractivity contribution < 1.29 is 4.39 Å². The Morgan fingerprint density at radius 2 is 2.24 bits per heavy atom. The Kier molecular flexibility index (Phi) is 3.53. The van der Waals surface area contributed by atoms with Crippen LogP contribution >= 0.6 is 15.9 Å². The molecule has 0 unspecified atom stereocenters. The zero-order valence-electron chi connectivity index (χ0n) is 8.71. The number of nitrogens with one attached hydrogen (secondary N) is 2. The molecular weight excluding hydrogens is 289 g/mol. The van der Waals surface area contributed by atoms with Crippen LogP contribution in [0.2, 0.25) is 0 Å². The molecule has 1 aromatic heterocycles. The van der Waals surface area contributed by atoms with Gasteiger partial charge in [-0.25, -0.2) is 9.37 Å². The largest absolute Gasteiger partial charge is 0.366 e. The monoisotopic (exact) mass is 297 g/mol. The van der Waals surface area contributed by atoms with Crippen LogP contribution in [0.1, 0.15) is 5.56 Å². The summed E-state index contributed by atoms with van der Waals surface area (Å²) in [5.74, 6) is 0.147. The summed E-state index contributed by atoms with van der Waals surface area (Å²) < 4.78 is 13.8. The van der Waals surface area contributed by atoms with Crippen LogP contribution in [0.3, 0.4) is 0 Å². The SMILES string of the molecule is O=c1cc(NCc2cc(F)ccc2Br)nc[nH]1. The van der Waals surface area contributed by atoms with Crippen molar-refractivity contribution >= 4 is 21.7 Å². The van der Waals surface area contributed by atoms with Gasteiger partial charge in [-0.2, -0.15) is 0 Å². The third kappa shape index (κ3) is 3.13. The molecular formula is C11H9BrFN3O. The van der Waals surface area contributed by atoms with Crippen molar-refractivity contribution in [1.29, 1.82) is 0 Å². The molecule has 0 saturated carbocycles. The number of nitrogens with zero attached hydrogens (tertiary/aromatic N) is 1. The fourth-order valence-electron chi connectivity index (χ4n) is 1.33. The second-order valence-corrected chi connectivity index (χ2v) is 4.24. The van der Waals surface area contributed by atoms with Gasteiger partial charge in [0.05, 0.1) is 6.33 Å².